The summed E-state index contributed by atoms with van der Waals surface area (Å²) in [6, 6.07) is 9.68. The Kier molecular flexibility index (Phi) is 5.58. The number of methoxy groups -OCH3 is 1. The number of benzene rings is 2. The van der Waals surface area contributed by atoms with Gasteiger partial charge in [0.15, 0.2) is 0 Å². The zero-order valence-electron chi connectivity index (χ0n) is 11.1. The standard InChI is InChI=1S/C15H12BrFINO2/c1-21-14-5-2-9(6-12(14)16)8-19-15(20)11-4-3-10(17)7-13(11)18/h2-7H,8H2,1H3,(H,19,20). The van der Waals surface area contributed by atoms with E-state index < -0.39 is 0 Å². The summed E-state index contributed by atoms with van der Waals surface area (Å²) in [5.74, 6) is 0.152. The Morgan fingerprint density at radius 3 is 2.71 bits per heavy atom. The van der Waals surface area contributed by atoms with Crippen LogP contribution in [0.5, 0.6) is 5.75 Å². The molecule has 21 heavy (non-hydrogen) atoms. The summed E-state index contributed by atoms with van der Waals surface area (Å²) in [5, 5.41) is 2.81. The number of amides is 1. The van der Waals surface area contributed by atoms with Crippen molar-refractivity contribution in [2.24, 2.45) is 0 Å². The Morgan fingerprint density at radius 2 is 2.10 bits per heavy atom. The van der Waals surface area contributed by atoms with Gasteiger partial charge >= 0.3 is 0 Å². The van der Waals surface area contributed by atoms with Gasteiger partial charge < -0.3 is 10.1 Å². The molecule has 0 heterocycles. The Hall–Kier alpha value is -1.15. The average Bonchev–Trinajstić information content (AvgIpc) is 2.45. The monoisotopic (exact) mass is 463 g/mol. The molecular formula is C15H12BrFINO2. The Bertz CT molecular complexity index is 679. The van der Waals surface area contributed by atoms with Crippen molar-refractivity contribution in [3.05, 3.63) is 61.4 Å². The second-order valence-corrected chi connectivity index (χ2v) is 6.29. The van der Waals surface area contributed by atoms with Crippen molar-refractivity contribution in [1.82, 2.24) is 5.32 Å². The molecule has 1 amide bonds. The Balaban J connectivity index is 2.05. The molecule has 2 aromatic rings. The summed E-state index contributed by atoms with van der Waals surface area (Å²) in [6.07, 6.45) is 0. The van der Waals surface area contributed by atoms with Crippen molar-refractivity contribution in [2.75, 3.05) is 7.11 Å². The summed E-state index contributed by atoms with van der Waals surface area (Å²) in [7, 11) is 1.60. The largest absolute Gasteiger partial charge is 0.496 e. The second-order valence-electron chi connectivity index (χ2n) is 4.28. The van der Waals surface area contributed by atoms with Crippen LogP contribution < -0.4 is 10.1 Å². The lowest BCUT2D eigenvalue weighted by atomic mass is 10.2. The number of halogens is 3. The molecule has 0 aromatic heterocycles. The molecule has 3 nitrogen and oxygen atoms in total. The van der Waals surface area contributed by atoms with Gasteiger partial charge in [-0.1, -0.05) is 6.07 Å². The maximum atomic E-state index is 13.0. The lowest BCUT2D eigenvalue weighted by molar-refractivity contribution is 0.0950. The fourth-order valence-electron chi connectivity index (χ4n) is 1.77. The molecule has 0 saturated carbocycles. The molecule has 2 aromatic carbocycles. The second kappa shape index (κ2) is 7.22. The molecule has 0 unspecified atom stereocenters. The van der Waals surface area contributed by atoms with Crippen molar-refractivity contribution in [1.29, 1.82) is 0 Å². The van der Waals surface area contributed by atoms with Crippen molar-refractivity contribution < 1.29 is 13.9 Å². The molecule has 0 saturated heterocycles. The number of carbonyl (C=O) groups excluding carboxylic acids is 1. The quantitative estimate of drug-likeness (QED) is 0.692. The third-order valence-electron chi connectivity index (χ3n) is 2.85. The van der Waals surface area contributed by atoms with Crippen molar-refractivity contribution in [2.45, 2.75) is 6.54 Å². The van der Waals surface area contributed by atoms with Crippen LogP contribution in [0.3, 0.4) is 0 Å². The van der Waals surface area contributed by atoms with E-state index in [1.54, 1.807) is 7.11 Å². The maximum absolute atomic E-state index is 13.0. The third kappa shape index (κ3) is 4.16. The van der Waals surface area contributed by atoms with Gasteiger partial charge in [0.2, 0.25) is 0 Å². The molecule has 0 fully saturated rings. The Morgan fingerprint density at radius 1 is 1.33 bits per heavy atom. The number of ether oxygens (including phenoxy) is 1. The summed E-state index contributed by atoms with van der Waals surface area (Å²) in [5.41, 5.74) is 1.40. The van der Waals surface area contributed by atoms with Gasteiger partial charge in [-0.15, -0.1) is 0 Å². The number of nitrogens with one attached hydrogen (secondary N) is 1. The smallest absolute Gasteiger partial charge is 0.252 e. The number of hydrogen-bond donors (Lipinski definition) is 1. The van der Waals surface area contributed by atoms with Gasteiger partial charge in [-0.25, -0.2) is 4.39 Å². The highest BCUT2D eigenvalue weighted by molar-refractivity contribution is 14.1. The van der Waals surface area contributed by atoms with E-state index in [-0.39, 0.29) is 11.7 Å². The first-order chi connectivity index (χ1) is 10.0. The van der Waals surface area contributed by atoms with E-state index in [1.807, 2.05) is 40.8 Å². The fraction of sp³-hybridized carbons (Fsp3) is 0.133. The lowest BCUT2D eigenvalue weighted by Gasteiger charge is -2.09. The van der Waals surface area contributed by atoms with E-state index in [2.05, 4.69) is 21.2 Å². The van der Waals surface area contributed by atoms with Gasteiger partial charge in [0.05, 0.1) is 17.1 Å². The molecular weight excluding hydrogens is 452 g/mol. The van der Waals surface area contributed by atoms with Crippen molar-refractivity contribution in [3.63, 3.8) is 0 Å². The van der Waals surface area contributed by atoms with E-state index in [4.69, 9.17) is 4.74 Å². The topological polar surface area (TPSA) is 38.3 Å². The molecule has 1 N–H and O–H groups in total. The number of rotatable bonds is 4. The molecule has 2 rings (SSSR count). The van der Waals surface area contributed by atoms with Crippen LogP contribution in [0.25, 0.3) is 0 Å². The van der Waals surface area contributed by atoms with Crippen LogP contribution in [-0.4, -0.2) is 13.0 Å². The Labute approximate surface area is 144 Å². The maximum Gasteiger partial charge on any atom is 0.252 e. The van der Waals surface area contributed by atoms with E-state index >= 15 is 0 Å². The van der Waals surface area contributed by atoms with E-state index in [9.17, 15) is 9.18 Å². The molecule has 0 bridgehead atoms. The van der Waals surface area contributed by atoms with Crippen LogP contribution >= 0.6 is 38.5 Å². The molecule has 6 heteroatoms. The normalized spacial score (nSPS) is 10.3. The highest BCUT2D eigenvalue weighted by Gasteiger charge is 2.10. The lowest BCUT2D eigenvalue weighted by Crippen LogP contribution is -2.23. The minimum atomic E-state index is -0.352. The molecule has 0 aliphatic carbocycles. The fourth-order valence-corrected chi connectivity index (χ4v) is 3.08. The first-order valence-corrected chi connectivity index (χ1v) is 7.94. The predicted octanol–water partition coefficient (Wildman–Crippen LogP) is 4.13. The van der Waals surface area contributed by atoms with Gasteiger partial charge in [-0.2, -0.15) is 0 Å². The number of carbonyl (C=O) groups is 1. The van der Waals surface area contributed by atoms with Crippen LogP contribution in [0.4, 0.5) is 4.39 Å². The van der Waals surface area contributed by atoms with Gasteiger partial charge in [-0.3, -0.25) is 4.79 Å². The van der Waals surface area contributed by atoms with Crippen molar-refractivity contribution >= 4 is 44.4 Å². The van der Waals surface area contributed by atoms with Gasteiger partial charge in [0.1, 0.15) is 11.6 Å². The van der Waals surface area contributed by atoms with E-state index in [0.29, 0.717) is 15.7 Å². The number of hydrogen-bond acceptors (Lipinski definition) is 2. The van der Waals surface area contributed by atoms with Crippen LogP contribution in [0.15, 0.2) is 40.9 Å². The van der Waals surface area contributed by atoms with Crippen LogP contribution in [-0.2, 0) is 6.54 Å². The van der Waals surface area contributed by atoms with E-state index in [0.717, 1.165) is 15.8 Å². The average molecular weight is 464 g/mol. The zero-order chi connectivity index (χ0) is 15.4. The molecule has 0 spiro atoms. The molecule has 0 aliphatic heterocycles. The first-order valence-electron chi connectivity index (χ1n) is 6.07. The minimum Gasteiger partial charge on any atom is -0.496 e. The van der Waals surface area contributed by atoms with Gasteiger partial charge in [0.25, 0.3) is 5.91 Å². The predicted molar refractivity (Wildman–Crippen MR) is 91.0 cm³/mol. The molecule has 0 aliphatic rings. The van der Waals surface area contributed by atoms with Crippen LogP contribution in [0, 0.1) is 9.39 Å². The zero-order valence-corrected chi connectivity index (χ0v) is 14.9. The third-order valence-corrected chi connectivity index (χ3v) is 4.36. The molecule has 0 radical (unpaired) electrons. The summed E-state index contributed by atoms with van der Waals surface area (Å²) in [4.78, 5) is 12.1. The SMILES string of the molecule is COc1ccc(CNC(=O)c2ccc(F)cc2I)cc1Br. The first kappa shape index (κ1) is 16.2. The van der Waals surface area contributed by atoms with Crippen LogP contribution in [0.1, 0.15) is 15.9 Å². The minimum absolute atomic E-state index is 0.230. The van der Waals surface area contributed by atoms with Crippen LogP contribution in [0.2, 0.25) is 0 Å². The molecule has 110 valence electrons. The van der Waals surface area contributed by atoms with Gasteiger partial charge in [-0.05, 0) is 74.4 Å². The van der Waals surface area contributed by atoms with Crippen molar-refractivity contribution in [3.8, 4) is 5.75 Å². The summed E-state index contributed by atoms with van der Waals surface area (Å²) < 4.78 is 19.6. The molecule has 0 atom stereocenters. The highest BCUT2D eigenvalue weighted by Crippen LogP contribution is 2.25. The van der Waals surface area contributed by atoms with Gasteiger partial charge in [0, 0.05) is 10.1 Å². The summed E-state index contributed by atoms with van der Waals surface area (Å²) >= 11 is 5.34. The highest BCUT2D eigenvalue weighted by atomic mass is 127. The summed E-state index contributed by atoms with van der Waals surface area (Å²) in [6.45, 7) is 0.384. The van der Waals surface area contributed by atoms with E-state index in [1.165, 1.54) is 18.2 Å².